The number of carbonyl (C=O) groups is 1. The Balaban J connectivity index is 1.84. The minimum absolute atomic E-state index is 0.0404. The number of hydrogen-bond donors (Lipinski definition) is 0. The van der Waals surface area contributed by atoms with E-state index in [0.29, 0.717) is 0 Å². The summed E-state index contributed by atoms with van der Waals surface area (Å²) in [6, 6.07) is 2.04. The number of hydrogen-bond acceptors (Lipinski definition) is 5. The molecule has 23 heavy (non-hydrogen) atoms. The van der Waals surface area contributed by atoms with Gasteiger partial charge >= 0.3 is 0 Å². The number of likely N-dealkylation sites (tertiary alicyclic amines) is 1. The quantitative estimate of drug-likeness (QED) is 0.865. The van der Waals surface area contributed by atoms with Crippen LogP contribution in [0, 0.1) is 6.92 Å². The summed E-state index contributed by atoms with van der Waals surface area (Å²) in [6.45, 7) is 3.54. The molecule has 2 aromatic rings. The van der Waals surface area contributed by atoms with E-state index in [1.807, 2.05) is 37.4 Å². The Morgan fingerprint density at radius 2 is 2.26 bits per heavy atom. The van der Waals surface area contributed by atoms with Gasteiger partial charge < -0.3 is 9.80 Å². The molecule has 0 bridgehead atoms. The topological polar surface area (TPSA) is 49.3 Å². The number of nitrogens with zero attached hydrogens (tertiary/aromatic N) is 4. The van der Waals surface area contributed by atoms with Gasteiger partial charge in [0, 0.05) is 19.3 Å². The summed E-state index contributed by atoms with van der Waals surface area (Å²) < 4.78 is 0. The Bertz CT molecular complexity index is 697. The molecule has 0 saturated carbocycles. The SMILES string of the molecule is Cc1ccsc1C(=O)N1CCC[C@H]1c1cncc(CN(C)C)n1. The van der Waals surface area contributed by atoms with E-state index < -0.39 is 0 Å². The van der Waals surface area contributed by atoms with Gasteiger partial charge in [-0.1, -0.05) is 0 Å². The maximum atomic E-state index is 12.9. The molecule has 6 heteroatoms. The normalized spacial score (nSPS) is 17.9. The van der Waals surface area contributed by atoms with Crippen LogP contribution < -0.4 is 0 Å². The molecule has 1 amide bonds. The lowest BCUT2D eigenvalue weighted by atomic mass is 10.1. The summed E-state index contributed by atoms with van der Waals surface area (Å²) in [5.74, 6) is 0.125. The molecule has 0 N–H and O–H groups in total. The molecular weight excluding hydrogens is 308 g/mol. The summed E-state index contributed by atoms with van der Waals surface area (Å²) in [5.41, 5.74) is 2.90. The average Bonchev–Trinajstić information content (AvgIpc) is 3.15. The Labute approximate surface area is 141 Å². The highest BCUT2D eigenvalue weighted by Crippen LogP contribution is 2.33. The Hall–Kier alpha value is -1.79. The van der Waals surface area contributed by atoms with Crippen LogP contribution in [0.4, 0.5) is 0 Å². The summed E-state index contributed by atoms with van der Waals surface area (Å²) in [7, 11) is 4.03. The molecule has 0 aliphatic carbocycles. The molecule has 0 spiro atoms. The summed E-state index contributed by atoms with van der Waals surface area (Å²) in [5, 5.41) is 1.98. The Morgan fingerprint density at radius 1 is 1.43 bits per heavy atom. The molecule has 2 aromatic heterocycles. The van der Waals surface area contributed by atoms with Crippen molar-refractivity contribution in [1.29, 1.82) is 0 Å². The van der Waals surface area contributed by atoms with E-state index in [1.54, 1.807) is 12.4 Å². The van der Waals surface area contributed by atoms with E-state index in [2.05, 4.69) is 9.88 Å². The molecule has 122 valence electrons. The highest BCUT2D eigenvalue weighted by molar-refractivity contribution is 7.12. The van der Waals surface area contributed by atoms with Gasteiger partial charge in [0.05, 0.1) is 28.5 Å². The third kappa shape index (κ3) is 3.43. The van der Waals surface area contributed by atoms with Gasteiger partial charge in [-0.15, -0.1) is 11.3 Å². The molecule has 5 nitrogen and oxygen atoms in total. The van der Waals surface area contributed by atoms with Crippen molar-refractivity contribution < 1.29 is 4.79 Å². The lowest BCUT2D eigenvalue weighted by molar-refractivity contribution is 0.0736. The van der Waals surface area contributed by atoms with Crippen molar-refractivity contribution in [1.82, 2.24) is 19.8 Å². The molecule has 1 aliphatic heterocycles. The maximum absolute atomic E-state index is 12.9. The first-order chi connectivity index (χ1) is 11.1. The first kappa shape index (κ1) is 16.1. The molecule has 3 heterocycles. The second-order valence-corrected chi connectivity index (χ2v) is 7.18. The van der Waals surface area contributed by atoms with Crippen LogP contribution in [0.15, 0.2) is 23.8 Å². The van der Waals surface area contributed by atoms with E-state index >= 15 is 0 Å². The molecule has 0 unspecified atom stereocenters. The van der Waals surface area contributed by atoms with Crippen LogP contribution in [0.2, 0.25) is 0 Å². The highest BCUT2D eigenvalue weighted by Gasteiger charge is 2.32. The minimum atomic E-state index is 0.0404. The zero-order valence-electron chi connectivity index (χ0n) is 13.8. The van der Waals surface area contributed by atoms with Crippen LogP contribution in [-0.2, 0) is 6.54 Å². The van der Waals surface area contributed by atoms with Crippen molar-refractivity contribution in [3.63, 3.8) is 0 Å². The zero-order valence-corrected chi connectivity index (χ0v) is 14.6. The third-order valence-corrected chi connectivity index (χ3v) is 5.10. The van der Waals surface area contributed by atoms with Crippen LogP contribution in [0.1, 0.15) is 45.5 Å². The smallest absolute Gasteiger partial charge is 0.264 e. The van der Waals surface area contributed by atoms with Gasteiger partial charge in [0.2, 0.25) is 0 Å². The van der Waals surface area contributed by atoms with Crippen LogP contribution >= 0.6 is 11.3 Å². The van der Waals surface area contributed by atoms with E-state index in [-0.39, 0.29) is 11.9 Å². The standard InChI is InChI=1S/C17H22N4OS/c1-12-6-8-23-16(12)17(22)21-7-4-5-15(21)14-10-18-9-13(19-14)11-20(2)3/h6,8-10,15H,4-5,7,11H2,1-3H3/t15-/m0/s1. The molecular formula is C17H22N4OS. The van der Waals surface area contributed by atoms with Crippen molar-refractivity contribution in [3.05, 3.63) is 45.7 Å². The number of carbonyl (C=O) groups excluding carboxylic acids is 1. The van der Waals surface area contributed by atoms with Gasteiger partial charge in [0.15, 0.2) is 0 Å². The van der Waals surface area contributed by atoms with Gasteiger partial charge in [-0.2, -0.15) is 0 Å². The second-order valence-electron chi connectivity index (χ2n) is 6.26. The van der Waals surface area contributed by atoms with Crippen LogP contribution in [0.3, 0.4) is 0 Å². The lowest BCUT2D eigenvalue weighted by Crippen LogP contribution is -2.31. The summed E-state index contributed by atoms with van der Waals surface area (Å²) in [6.07, 6.45) is 5.57. The molecule has 3 rings (SSSR count). The van der Waals surface area contributed by atoms with Gasteiger partial charge in [-0.3, -0.25) is 14.8 Å². The summed E-state index contributed by atoms with van der Waals surface area (Å²) in [4.78, 5) is 26.8. The molecule has 0 aromatic carbocycles. The first-order valence-corrected chi connectivity index (χ1v) is 8.75. The number of rotatable bonds is 4. The number of thiophene rings is 1. The fourth-order valence-corrected chi connectivity index (χ4v) is 3.90. The maximum Gasteiger partial charge on any atom is 0.264 e. The lowest BCUT2D eigenvalue weighted by Gasteiger charge is -2.24. The van der Waals surface area contributed by atoms with Crippen LogP contribution in [-0.4, -0.2) is 46.3 Å². The van der Waals surface area contributed by atoms with Gasteiger partial charge in [-0.05, 0) is 50.9 Å². The predicted molar refractivity (Wildman–Crippen MR) is 91.5 cm³/mol. The monoisotopic (exact) mass is 330 g/mol. The van der Waals surface area contributed by atoms with Crippen molar-refractivity contribution in [2.75, 3.05) is 20.6 Å². The van der Waals surface area contributed by atoms with Crippen LogP contribution in [0.5, 0.6) is 0 Å². The fourth-order valence-electron chi connectivity index (χ4n) is 3.02. The van der Waals surface area contributed by atoms with Crippen molar-refractivity contribution in [3.8, 4) is 0 Å². The Morgan fingerprint density at radius 3 is 2.96 bits per heavy atom. The average molecular weight is 330 g/mol. The van der Waals surface area contributed by atoms with Gasteiger partial charge in [-0.25, -0.2) is 0 Å². The number of amides is 1. The molecule has 1 fully saturated rings. The van der Waals surface area contributed by atoms with Crippen molar-refractivity contribution in [2.24, 2.45) is 0 Å². The van der Waals surface area contributed by atoms with Gasteiger partial charge in [0.1, 0.15) is 0 Å². The number of aromatic nitrogens is 2. The van der Waals surface area contributed by atoms with Crippen LogP contribution in [0.25, 0.3) is 0 Å². The minimum Gasteiger partial charge on any atom is -0.329 e. The first-order valence-electron chi connectivity index (χ1n) is 7.87. The third-order valence-electron chi connectivity index (χ3n) is 4.09. The van der Waals surface area contributed by atoms with E-state index in [1.165, 1.54) is 11.3 Å². The van der Waals surface area contributed by atoms with Crippen molar-refractivity contribution in [2.45, 2.75) is 32.4 Å². The predicted octanol–water partition coefficient (Wildman–Crippen LogP) is 2.89. The molecule has 1 aliphatic rings. The highest BCUT2D eigenvalue weighted by atomic mass is 32.1. The van der Waals surface area contributed by atoms with E-state index in [0.717, 1.165) is 47.8 Å². The fraction of sp³-hybridized carbons (Fsp3) is 0.471. The largest absolute Gasteiger partial charge is 0.329 e. The van der Waals surface area contributed by atoms with Gasteiger partial charge in [0.25, 0.3) is 5.91 Å². The number of aryl methyl sites for hydroxylation is 1. The molecule has 0 radical (unpaired) electrons. The Kier molecular flexibility index (Phi) is 4.73. The van der Waals surface area contributed by atoms with E-state index in [4.69, 9.17) is 4.98 Å². The second kappa shape index (κ2) is 6.76. The van der Waals surface area contributed by atoms with E-state index in [9.17, 15) is 4.79 Å². The molecule has 1 saturated heterocycles. The zero-order chi connectivity index (χ0) is 16.4. The van der Waals surface area contributed by atoms with Crippen molar-refractivity contribution >= 4 is 17.2 Å². The summed E-state index contributed by atoms with van der Waals surface area (Å²) >= 11 is 1.52. The molecule has 1 atom stereocenters.